The highest BCUT2D eigenvalue weighted by Gasteiger charge is 2.33. The molecule has 0 amide bonds. The fraction of sp³-hybridized carbons (Fsp3) is 0.188. The first-order chi connectivity index (χ1) is 13.5. The monoisotopic (exact) mass is 438 g/mol. The molecule has 2 aromatic heterocycles. The molecule has 3 rings (SSSR count). The van der Waals surface area contributed by atoms with Crippen molar-refractivity contribution in [1.82, 2.24) is 20.0 Å². The van der Waals surface area contributed by atoms with Crippen LogP contribution in [0.5, 0.6) is 5.75 Å². The molecule has 0 fully saturated rings. The Kier molecular flexibility index (Phi) is 5.68. The zero-order valence-corrected chi connectivity index (χ0v) is 14.8. The lowest BCUT2D eigenvalue weighted by Crippen LogP contribution is -2.18. The van der Waals surface area contributed by atoms with E-state index in [0.717, 1.165) is 46.9 Å². The highest BCUT2D eigenvalue weighted by atomic mass is 32.2. The minimum Gasteiger partial charge on any atom is -0.403 e. The second kappa shape index (κ2) is 7.89. The zero-order chi connectivity index (χ0) is 21.2. The van der Waals surface area contributed by atoms with Crippen LogP contribution in [-0.4, -0.2) is 26.3 Å². The van der Waals surface area contributed by atoms with Gasteiger partial charge in [-0.1, -0.05) is 5.21 Å². The van der Waals surface area contributed by atoms with E-state index >= 15 is 0 Å². The van der Waals surface area contributed by atoms with Gasteiger partial charge in [0.15, 0.2) is 11.6 Å². The standard InChI is InChI=1S/C16H9F7N4OS/c17-12-5-10(1-2-13(12)28-16(21,22)23)27-7-9(25-26-27)8-29-11-3-4-24-14(6-11)15(18,19)20/h1-7H,8H2. The summed E-state index contributed by atoms with van der Waals surface area (Å²) in [5.74, 6) is -2.09. The van der Waals surface area contributed by atoms with Crippen molar-refractivity contribution in [2.45, 2.75) is 23.2 Å². The van der Waals surface area contributed by atoms with Gasteiger partial charge in [-0.3, -0.25) is 4.98 Å². The van der Waals surface area contributed by atoms with Crippen LogP contribution in [0.15, 0.2) is 47.6 Å². The van der Waals surface area contributed by atoms with Gasteiger partial charge in [0.05, 0.1) is 17.6 Å². The van der Waals surface area contributed by atoms with Crippen LogP contribution in [0.1, 0.15) is 11.4 Å². The van der Waals surface area contributed by atoms with E-state index in [1.54, 1.807) is 0 Å². The van der Waals surface area contributed by atoms with Crippen LogP contribution in [-0.2, 0) is 11.9 Å². The van der Waals surface area contributed by atoms with Gasteiger partial charge in [-0.05, 0) is 24.3 Å². The maximum atomic E-state index is 13.8. The molecule has 0 aliphatic rings. The normalized spacial score (nSPS) is 12.2. The van der Waals surface area contributed by atoms with Gasteiger partial charge >= 0.3 is 12.5 Å². The van der Waals surface area contributed by atoms with Gasteiger partial charge in [-0.2, -0.15) is 13.2 Å². The molecule has 29 heavy (non-hydrogen) atoms. The summed E-state index contributed by atoms with van der Waals surface area (Å²) in [7, 11) is 0. The van der Waals surface area contributed by atoms with Gasteiger partial charge < -0.3 is 4.74 Å². The first-order valence-corrected chi connectivity index (χ1v) is 8.63. The Balaban J connectivity index is 1.69. The molecule has 13 heteroatoms. The summed E-state index contributed by atoms with van der Waals surface area (Å²) in [6.07, 6.45) is -7.18. The summed E-state index contributed by atoms with van der Waals surface area (Å²) < 4.78 is 93.0. The third-order valence-electron chi connectivity index (χ3n) is 3.36. The number of alkyl halides is 6. The Morgan fingerprint density at radius 3 is 2.45 bits per heavy atom. The van der Waals surface area contributed by atoms with Gasteiger partial charge in [-0.15, -0.1) is 30.0 Å². The number of nitrogens with zero attached hydrogens (tertiary/aromatic N) is 4. The number of halogens is 7. The van der Waals surface area contributed by atoms with Crippen LogP contribution in [0.2, 0.25) is 0 Å². The average Bonchev–Trinajstić information content (AvgIpc) is 3.09. The van der Waals surface area contributed by atoms with Crippen molar-refractivity contribution in [2.75, 3.05) is 0 Å². The molecule has 0 aliphatic heterocycles. The Morgan fingerprint density at radius 2 is 1.79 bits per heavy atom. The molecule has 0 radical (unpaired) electrons. The summed E-state index contributed by atoms with van der Waals surface area (Å²) in [5.41, 5.74) is -0.580. The third kappa shape index (κ3) is 5.59. The number of benzene rings is 1. The van der Waals surface area contributed by atoms with E-state index in [1.807, 2.05) is 0 Å². The number of pyridine rings is 1. The molecule has 0 spiro atoms. The quantitative estimate of drug-likeness (QED) is 0.414. The second-order valence-electron chi connectivity index (χ2n) is 5.48. The Labute approximate surface area is 162 Å². The second-order valence-corrected chi connectivity index (χ2v) is 6.53. The first kappa shape index (κ1) is 20.9. The van der Waals surface area contributed by atoms with Gasteiger partial charge in [0.1, 0.15) is 5.69 Å². The van der Waals surface area contributed by atoms with E-state index in [0.29, 0.717) is 10.6 Å². The van der Waals surface area contributed by atoms with E-state index in [9.17, 15) is 30.7 Å². The molecule has 5 nitrogen and oxygen atoms in total. The molecule has 0 aliphatic carbocycles. The van der Waals surface area contributed by atoms with Gasteiger partial charge in [0.25, 0.3) is 0 Å². The van der Waals surface area contributed by atoms with Crippen LogP contribution in [0, 0.1) is 5.82 Å². The predicted octanol–water partition coefficient (Wildman–Crippen LogP) is 5.01. The highest BCUT2D eigenvalue weighted by molar-refractivity contribution is 7.98. The summed E-state index contributed by atoms with van der Waals surface area (Å²) in [5, 5.41) is 7.54. The molecule has 0 bridgehead atoms. The van der Waals surface area contributed by atoms with Crippen molar-refractivity contribution in [3.63, 3.8) is 0 Å². The number of hydrogen-bond donors (Lipinski definition) is 0. The van der Waals surface area contributed by atoms with Crippen molar-refractivity contribution >= 4 is 11.8 Å². The highest BCUT2D eigenvalue weighted by Crippen LogP contribution is 2.31. The summed E-state index contributed by atoms with van der Waals surface area (Å²) in [6, 6.07) is 5.02. The first-order valence-electron chi connectivity index (χ1n) is 7.64. The fourth-order valence-electron chi connectivity index (χ4n) is 2.14. The lowest BCUT2D eigenvalue weighted by molar-refractivity contribution is -0.275. The minimum absolute atomic E-state index is 0.0871. The molecule has 0 atom stereocenters. The topological polar surface area (TPSA) is 52.8 Å². The van der Waals surface area contributed by atoms with E-state index in [2.05, 4.69) is 20.0 Å². The van der Waals surface area contributed by atoms with Crippen molar-refractivity contribution in [1.29, 1.82) is 0 Å². The largest absolute Gasteiger partial charge is 0.573 e. The van der Waals surface area contributed by atoms with Gasteiger partial charge in [0.2, 0.25) is 0 Å². The summed E-state index contributed by atoms with van der Waals surface area (Å²) in [4.78, 5) is 3.57. The maximum absolute atomic E-state index is 13.8. The Hall–Kier alpha value is -2.83. The summed E-state index contributed by atoms with van der Waals surface area (Å²) >= 11 is 1.05. The van der Waals surface area contributed by atoms with Crippen molar-refractivity contribution in [2.24, 2.45) is 0 Å². The SMILES string of the molecule is Fc1cc(-n2cc(CSc3ccnc(C(F)(F)F)c3)nn2)ccc1OC(F)(F)F. The lowest BCUT2D eigenvalue weighted by Gasteiger charge is -2.10. The lowest BCUT2D eigenvalue weighted by atomic mass is 10.3. The molecule has 0 saturated heterocycles. The molecular formula is C16H9F7N4OS. The number of aromatic nitrogens is 4. The molecule has 0 saturated carbocycles. The molecular weight excluding hydrogens is 429 g/mol. The molecule has 0 unspecified atom stereocenters. The Morgan fingerprint density at radius 1 is 1.03 bits per heavy atom. The zero-order valence-electron chi connectivity index (χ0n) is 14.0. The fourth-order valence-corrected chi connectivity index (χ4v) is 2.94. The van der Waals surface area contributed by atoms with Crippen molar-refractivity contribution in [3.05, 3.63) is 59.9 Å². The van der Waals surface area contributed by atoms with Gasteiger partial charge in [-0.25, -0.2) is 9.07 Å². The number of ether oxygens (including phenoxy) is 1. The summed E-state index contributed by atoms with van der Waals surface area (Å²) in [6.45, 7) is 0. The van der Waals surface area contributed by atoms with Crippen LogP contribution >= 0.6 is 11.8 Å². The van der Waals surface area contributed by atoms with Crippen LogP contribution in [0.25, 0.3) is 5.69 Å². The molecule has 2 heterocycles. The van der Waals surface area contributed by atoms with E-state index in [1.165, 1.54) is 12.3 Å². The van der Waals surface area contributed by atoms with Crippen LogP contribution in [0.3, 0.4) is 0 Å². The smallest absolute Gasteiger partial charge is 0.403 e. The molecule has 1 aromatic carbocycles. The number of rotatable bonds is 5. The van der Waals surface area contributed by atoms with E-state index < -0.39 is 29.8 Å². The third-order valence-corrected chi connectivity index (χ3v) is 4.38. The van der Waals surface area contributed by atoms with Crippen molar-refractivity contribution in [3.8, 4) is 11.4 Å². The number of thioether (sulfide) groups is 1. The molecule has 3 aromatic rings. The van der Waals surface area contributed by atoms with E-state index in [4.69, 9.17) is 0 Å². The molecule has 154 valence electrons. The predicted molar refractivity (Wildman–Crippen MR) is 86.8 cm³/mol. The van der Waals surface area contributed by atoms with E-state index in [-0.39, 0.29) is 11.4 Å². The number of hydrogen-bond acceptors (Lipinski definition) is 5. The maximum Gasteiger partial charge on any atom is 0.573 e. The van der Waals surface area contributed by atoms with Crippen LogP contribution in [0.4, 0.5) is 30.7 Å². The average molecular weight is 438 g/mol. The van der Waals surface area contributed by atoms with Crippen molar-refractivity contribution < 1.29 is 35.5 Å². The minimum atomic E-state index is -5.03. The Bertz CT molecular complexity index is 1000. The molecule has 0 N–H and O–H groups in total. The van der Waals surface area contributed by atoms with Crippen LogP contribution < -0.4 is 4.74 Å². The van der Waals surface area contributed by atoms with Gasteiger partial charge in [0, 0.05) is 22.9 Å².